The van der Waals surface area contributed by atoms with Gasteiger partial charge in [-0.25, -0.2) is 0 Å². The summed E-state index contributed by atoms with van der Waals surface area (Å²) in [6.07, 6.45) is 2.14. The molecular formula is C23H29N3O3. The van der Waals surface area contributed by atoms with Crippen molar-refractivity contribution < 1.29 is 14.3 Å². The van der Waals surface area contributed by atoms with Gasteiger partial charge in [0.15, 0.2) is 0 Å². The van der Waals surface area contributed by atoms with E-state index in [2.05, 4.69) is 24.5 Å². The normalized spacial score (nSPS) is 13.4. The molecule has 1 fully saturated rings. The molecule has 0 atom stereocenters. The smallest absolute Gasteiger partial charge is 0.253 e. The van der Waals surface area contributed by atoms with Crippen molar-refractivity contribution in [2.24, 2.45) is 5.92 Å². The van der Waals surface area contributed by atoms with Crippen molar-refractivity contribution in [1.29, 1.82) is 0 Å². The van der Waals surface area contributed by atoms with Crippen LogP contribution in [0.25, 0.3) is 0 Å². The number of hydrogen-bond donors (Lipinski definition) is 2. The molecule has 29 heavy (non-hydrogen) atoms. The largest absolute Gasteiger partial charge is 0.493 e. The van der Waals surface area contributed by atoms with E-state index in [1.54, 1.807) is 24.3 Å². The maximum absolute atomic E-state index is 12.4. The summed E-state index contributed by atoms with van der Waals surface area (Å²) in [6, 6.07) is 14.6. The van der Waals surface area contributed by atoms with Gasteiger partial charge in [0.05, 0.1) is 13.2 Å². The lowest BCUT2D eigenvalue weighted by Gasteiger charge is -2.15. The number of benzene rings is 2. The average Bonchev–Trinajstić information content (AvgIpc) is 3.26. The maximum Gasteiger partial charge on any atom is 0.253 e. The molecule has 2 aromatic rings. The van der Waals surface area contributed by atoms with Crippen LogP contribution in [-0.4, -0.2) is 43.0 Å². The highest BCUT2D eigenvalue weighted by Gasteiger charge is 2.19. The molecule has 154 valence electrons. The molecule has 2 aromatic carbocycles. The molecular weight excluding hydrogens is 366 g/mol. The van der Waals surface area contributed by atoms with Crippen LogP contribution in [0, 0.1) is 5.92 Å². The quantitative estimate of drug-likeness (QED) is 0.709. The highest BCUT2D eigenvalue weighted by Crippen LogP contribution is 2.18. The molecule has 0 unspecified atom stereocenters. The van der Waals surface area contributed by atoms with Gasteiger partial charge in [-0.15, -0.1) is 0 Å². The Bertz CT molecular complexity index is 828. The summed E-state index contributed by atoms with van der Waals surface area (Å²) >= 11 is 0. The molecule has 1 aliphatic rings. The van der Waals surface area contributed by atoms with Crippen LogP contribution in [0.5, 0.6) is 5.75 Å². The third-order valence-electron chi connectivity index (χ3n) is 4.68. The number of hydrogen-bond acceptors (Lipinski definition) is 4. The Balaban J connectivity index is 1.48. The Morgan fingerprint density at radius 1 is 1.03 bits per heavy atom. The van der Waals surface area contributed by atoms with Crippen LogP contribution in [0.4, 0.5) is 11.4 Å². The minimum Gasteiger partial charge on any atom is -0.493 e. The lowest BCUT2D eigenvalue weighted by molar-refractivity contribution is -0.114. The standard InChI is InChI=1S/C23H29N3O3/c1-17(2)16-29-21-7-5-6-20(14-21)24-15-22(27)25-19-10-8-18(9-11-19)23(28)26-12-3-4-13-26/h5-11,14,17,24H,3-4,12-13,15-16H2,1-2H3,(H,25,27). The van der Waals surface area contributed by atoms with E-state index in [9.17, 15) is 9.59 Å². The van der Waals surface area contributed by atoms with E-state index < -0.39 is 0 Å². The number of nitrogens with zero attached hydrogens (tertiary/aromatic N) is 1. The van der Waals surface area contributed by atoms with E-state index in [1.165, 1.54) is 0 Å². The number of ether oxygens (including phenoxy) is 1. The van der Waals surface area contributed by atoms with Crippen LogP contribution in [0.15, 0.2) is 48.5 Å². The molecule has 1 heterocycles. The lowest BCUT2D eigenvalue weighted by Crippen LogP contribution is -2.27. The van der Waals surface area contributed by atoms with E-state index in [1.807, 2.05) is 29.2 Å². The van der Waals surface area contributed by atoms with Crippen LogP contribution in [0.1, 0.15) is 37.0 Å². The zero-order chi connectivity index (χ0) is 20.6. The van der Waals surface area contributed by atoms with Crippen molar-refractivity contribution in [3.63, 3.8) is 0 Å². The minimum absolute atomic E-state index is 0.0570. The zero-order valence-electron chi connectivity index (χ0n) is 17.1. The fourth-order valence-electron chi connectivity index (χ4n) is 3.15. The van der Waals surface area contributed by atoms with E-state index in [4.69, 9.17) is 4.74 Å². The molecule has 1 saturated heterocycles. The van der Waals surface area contributed by atoms with E-state index >= 15 is 0 Å². The average molecular weight is 396 g/mol. The van der Waals surface area contributed by atoms with Crippen molar-refractivity contribution in [2.45, 2.75) is 26.7 Å². The summed E-state index contributed by atoms with van der Waals surface area (Å²) in [7, 11) is 0. The predicted molar refractivity (Wildman–Crippen MR) is 115 cm³/mol. The van der Waals surface area contributed by atoms with Crippen LogP contribution >= 0.6 is 0 Å². The first-order valence-corrected chi connectivity index (χ1v) is 10.2. The summed E-state index contributed by atoms with van der Waals surface area (Å²) in [5.41, 5.74) is 2.15. The van der Waals surface area contributed by atoms with Gasteiger partial charge in [-0.3, -0.25) is 9.59 Å². The number of nitrogens with one attached hydrogen (secondary N) is 2. The van der Waals surface area contributed by atoms with Crippen LogP contribution in [0.3, 0.4) is 0 Å². The van der Waals surface area contributed by atoms with Crippen LogP contribution in [-0.2, 0) is 4.79 Å². The fraction of sp³-hybridized carbons (Fsp3) is 0.391. The molecule has 0 saturated carbocycles. The molecule has 0 aliphatic carbocycles. The van der Waals surface area contributed by atoms with Gasteiger partial charge in [0, 0.05) is 36.1 Å². The molecule has 6 heteroatoms. The molecule has 0 aromatic heterocycles. The number of likely N-dealkylation sites (tertiary alicyclic amines) is 1. The first kappa shape index (κ1) is 20.7. The summed E-state index contributed by atoms with van der Waals surface area (Å²) in [5, 5.41) is 5.95. The van der Waals surface area contributed by atoms with Gasteiger partial charge in [0.1, 0.15) is 5.75 Å². The molecule has 1 aliphatic heterocycles. The number of anilines is 2. The van der Waals surface area contributed by atoms with Gasteiger partial charge in [-0.1, -0.05) is 19.9 Å². The lowest BCUT2D eigenvalue weighted by atomic mass is 10.2. The second-order valence-electron chi connectivity index (χ2n) is 7.71. The third-order valence-corrected chi connectivity index (χ3v) is 4.68. The molecule has 3 rings (SSSR count). The van der Waals surface area contributed by atoms with Gasteiger partial charge in [-0.05, 0) is 55.2 Å². The number of carbonyl (C=O) groups excluding carboxylic acids is 2. The molecule has 0 radical (unpaired) electrons. The van der Waals surface area contributed by atoms with Crippen LogP contribution in [0.2, 0.25) is 0 Å². The molecule has 2 amide bonds. The van der Waals surface area contributed by atoms with Crippen molar-refractivity contribution in [1.82, 2.24) is 4.90 Å². The molecule has 0 bridgehead atoms. The summed E-state index contributed by atoms with van der Waals surface area (Å²) in [4.78, 5) is 26.5. The molecule has 6 nitrogen and oxygen atoms in total. The zero-order valence-corrected chi connectivity index (χ0v) is 17.1. The van der Waals surface area contributed by atoms with Crippen molar-refractivity contribution in [3.8, 4) is 5.75 Å². The first-order valence-electron chi connectivity index (χ1n) is 10.2. The monoisotopic (exact) mass is 395 g/mol. The summed E-state index contributed by atoms with van der Waals surface area (Å²) < 4.78 is 5.71. The topological polar surface area (TPSA) is 70.7 Å². The number of amides is 2. The highest BCUT2D eigenvalue weighted by molar-refractivity contribution is 5.96. The van der Waals surface area contributed by atoms with Crippen molar-refractivity contribution >= 4 is 23.2 Å². The maximum atomic E-state index is 12.4. The Hall–Kier alpha value is -3.02. The van der Waals surface area contributed by atoms with Gasteiger partial charge >= 0.3 is 0 Å². The second-order valence-corrected chi connectivity index (χ2v) is 7.71. The minimum atomic E-state index is -0.155. The summed E-state index contributed by atoms with van der Waals surface area (Å²) in [6.45, 7) is 6.64. The van der Waals surface area contributed by atoms with E-state index in [0.29, 0.717) is 23.8 Å². The van der Waals surface area contributed by atoms with Crippen molar-refractivity contribution in [3.05, 3.63) is 54.1 Å². The van der Waals surface area contributed by atoms with Gasteiger partial charge < -0.3 is 20.3 Å². The van der Waals surface area contributed by atoms with Gasteiger partial charge in [-0.2, -0.15) is 0 Å². The fourth-order valence-corrected chi connectivity index (χ4v) is 3.15. The van der Waals surface area contributed by atoms with E-state index in [0.717, 1.165) is 37.4 Å². The predicted octanol–water partition coefficient (Wildman–Crippen LogP) is 4.01. The summed E-state index contributed by atoms with van der Waals surface area (Å²) in [5.74, 6) is 1.13. The van der Waals surface area contributed by atoms with Crippen LogP contribution < -0.4 is 15.4 Å². The Labute approximate surface area is 172 Å². The van der Waals surface area contributed by atoms with Gasteiger partial charge in [0.2, 0.25) is 5.91 Å². The highest BCUT2D eigenvalue weighted by atomic mass is 16.5. The third kappa shape index (κ3) is 6.24. The SMILES string of the molecule is CC(C)COc1cccc(NCC(=O)Nc2ccc(C(=O)N3CCCC3)cc2)c1. The van der Waals surface area contributed by atoms with E-state index in [-0.39, 0.29) is 18.4 Å². The second kappa shape index (κ2) is 9.96. The number of rotatable bonds is 8. The first-order chi connectivity index (χ1) is 14.0. The number of carbonyl (C=O) groups is 2. The van der Waals surface area contributed by atoms with Crippen molar-refractivity contribution in [2.75, 3.05) is 36.9 Å². The Morgan fingerprint density at radius 3 is 2.45 bits per heavy atom. The molecule has 0 spiro atoms. The molecule has 2 N–H and O–H groups in total. The Morgan fingerprint density at radius 2 is 1.76 bits per heavy atom. The Kier molecular flexibility index (Phi) is 7.11. The van der Waals surface area contributed by atoms with Gasteiger partial charge in [0.25, 0.3) is 5.91 Å².